The molecule has 0 atom stereocenters. The zero-order valence-electron chi connectivity index (χ0n) is 11.3. The largest absolute Gasteiger partial charge is 0.338 e. The van der Waals surface area contributed by atoms with E-state index >= 15 is 0 Å². The Morgan fingerprint density at radius 1 is 1.62 bits per heavy atom. The second-order valence-corrected chi connectivity index (χ2v) is 5.89. The summed E-state index contributed by atoms with van der Waals surface area (Å²) in [6.07, 6.45) is 2.61. The van der Waals surface area contributed by atoms with Gasteiger partial charge < -0.3 is 4.52 Å². The molecule has 6 nitrogen and oxygen atoms in total. The summed E-state index contributed by atoms with van der Waals surface area (Å²) in [4.78, 5) is 15.6. The molecule has 1 amide bonds. The lowest BCUT2D eigenvalue weighted by molar-refractivity contribution is -0.117. The maximum Gasteiger partial charge on any atom is 0.240 e. The molecule has 21 heavy (non-hydrogen) atoms. The lowest BCUT2D eigenvalue weighted by Gasteiger charge is -2.25. The number of hydrogen-bond donors (Lipinski definition) is 1. The van der Waals surface area contributed by atoms with Gasteiger partial charge in [-0.1, -0.05) is 5.16 Å². The average Bonchev–Trinajstić information content (AvgIpc) is 3.08. The second kappa shape index (κ2) is 6.08. The van der Waals surface area contributed by atoms with Crippen LogP contribution in [0, 0.1) is 11.3 Å². The van der Waals surface area contributed by atoms with Crippen molar-refractivity contribution >= 4 is 23.1 Å². The summed E-state index contributed by atoms with van der Waals surface area (Å²) in [5, 5.41) is 17.1. The summed E-state index contributed by atoms with van der Waals surface area (Å²) in [6.45, 7) is 1.98. The lowest BCUT2D eigenvalue weighted by Crippen LogP contribution is -2.36. The highest BCUT2D eigenvalue weighted by atomic mass is 32.1. The summed E-state index contributed by atoms with van der Waals surface area (Å²) >= 11 is 1.78. The molecule has 0 aromatic carbocycles. The van der Waals surface area contributed by atoms with Crippen molar-refractivity contribution in [2.24, 2.45) is 0 Å². The van der Waals surface area contributed by atoms with Gasteiger partial charge in [0.15, 0.2) is 0 Å². The predicted molar refractivity (Wildman–Crippen MR) is 77.7 cm³/mol. The van der Waals surface area contributed by atoms with Crippen molar-refractivity contribution in [1.29, 1.82) is 5.26 Å². The first-order valence-corrected chi connectivity index (χ1v) is 7.52. The monoisotopic (exact) mass is 302 g/mol. The zero-order chi connectivity index (χ0) is 14.7. The summed E-state index contributed by atoms with van der Waals surface area (Å²) in [5.74, 6) is 0.124. The molecule has 0 unspecified atom stereocenters. The van der Waals surface area contributed by atoms with E-state index in [9.17, 15) is 4.79 Å². The number of aromatic nitrogens is 1. The average molecular weight is 302 g/mol. The van der Waals surface area contributed by atoms with Crippen LogP contribution in [0.5, 0.6) is 0 Å². The molecule has 2 aromatic heterocycles. The van der Waals surface area contributed by atoms with E-state index in [4.69, 9.17) is 9.78 Å². The minimum atomic E-state index is -0.149. The van der Waals surface area contributed by atoms with Crippen LogP contribution >= 0.6 is 11.3 Å². The van der Waals surface area contributed by atoms with Crippen LogP contribution in [-0.2, 0) is 24.2 Å². The van der Waals surface area contributed by atoms with Crippen molar-refractivity contribution in [3.8, 4) is 6.07 Å². The Kier molecular flexibility index (Phi) is 3.99. The highest BCUT2D eigenvalue weighted by molar-refractivity contribution is 7.10. The van der Waals surface area contributed by atoms with Crippen LogP contribution in [0.2, 0.25) is 0 Å². The molecule has 3 rings (SSSR count). The number of carbonyl (C=O) groups excluding carboxylic acids is 1. The number of rotatable bonds is 4. The van der Waals surface area contributed by atoms with Gasteiger partial charge in [-0.3, -0.25) is 15.0 Å². The van der Waals surface area contributed by atoms with Gasteiger partial charge in [0.25, 0.3) is 0 Å². The van der Waals surface area contributed by atoms with E-state index in [2.05, 4.69) is 26.8 Å². The number of nitriles is 1. The number of nitrogens with one attached hydrogen (secondary N) is 1. The van der Waals surface area contributed by atoms with Crippen LogP contribution in [0.4, 0.5) is 5.88 Å². The normalized spacial score (nSPS) is 14.4. The van der Waals surface area contributed by atoms with Gasteiger partial charge in [-0.2, -0.15) is 5.26 Å². The summed E-state index contributed by atoms with van der Waals surface area (Å²) in [5.41, 5.74) is 1.91. The molecule has 0 aliphatic carbocycles. The number of thiophene rings is 1. The minimum Gasteiger partial charge on any atom is -0.338 e. The van der Waals surface area contributed by atoms with Crippen LogP contribution in [0.1, 0.15) is 16.0 Å². The van der Waals surface area contributed by atoms with Gasteiger partial charge in [0.1, 0.15) is 0 Å². The number of fused-ring (bicyclic) bond motifs is 1. The Morgan fingerprint density at radius 3 is 3.38 bits per heavy atom. The first kappa shape index (κ1) is 13.8. The fourth-order valence-corrected chi connectivity index (χ4v) is 3.27. The molecular formula is C14H14N4O2S. The summed E-state index contributed by atoms with van der Waals surface area (Å²) < 4.78 is 4.97. The molecule has 3 heterocycles. The van der Waals surface area contributed by atoms with Crippen molar-refractivity contribution in [2.75, 3.05) is 18.4 Å². The molecular weight excluding hydrogens is 288 g/mol. The number of hydrogen-bond acceptors (Lipinski definition) is 6. The third kappa shape index (κ3) is 3.12. The fraction of sp³-hybridized carbons (Fsp3) is 0.357. The fourth-order valence-electron chi connectivity index (χ4n) is 2.39. The third-order valence-corrected chi connectivity index (χ3v) is 4.44. The van der Waals surface area contributed by atoms with E-state index in [1.165, 1.54) is 16.6 Å². The van der Waals surface area contributed by atoms with Crippen LogP contribution in [0.3, 0.4) is 0 Å². The van der Waals surface area contributed by atoms with Gasteiger partial charge in [0.2, 0.25) is 11.8 Å². The van der Waals surface area contributed by atoms with Crippen LogP contribution in [0.25, 0.3) is 0 Å². The van der Waals surface area contributed by atoms with Crippen LogP contribution in [0.15, 0.2) is 22.2 Å². The Morgan fingerprint density at radius 2 is 2.52 bits per heavy atom. The Hall–Kier alpha value is -2.17. The van der Waals surface area contributed by atoms with Crippen molar-refractivity contribution in [3.05, 3.63) is 33.6 Å². The first-order valence-electron chi connectivity index (χ1n) is 6.64. The van der Waals surface area contributed by atoms with E-state index in [0.29, 0.717) is 12.1 Å². The highest BCUT2D eigenvalue weighted by Gasteiger charge is 2.20. The molecule has 108 valence electrons. The quantitative estimate of drug-likeness (QED) is 0.931. The molecule has 0 radical (unpaired) electrons. The van der Waals surface area contributed by atoms with Crippen molar-refractivity contribution in [2.45, 2.75) is 19.4 Å². The van der Waals surface area contributed by atoms with Crippen LogP contribution in [-0.4, -0.2) is 29.1 Å². The number of anilines is 1. The molecule has 0 saturated heterocycles. The van der Waals surface area contributed by atoms with Gasteiger partial charge in [-0.25, -0.2) is 0 Å². The molecule has 0 fully saturated rings. The Labute approximate surface area is 126 Å². The molecule has 0 bridgehead atoms. The summed E-state index contributed by atoms with van der Waals surface area (Å²) in [6, 6.07) is 4.13. The van der Waals surface area contributed by atoms with E-state index in [1.807, 2.05) is 6.07 Å². The molecule has 1 aliphatic heterocycles. The molecule has 0 spiro atoms. The van der Waals surface area contributed by atoms with Gasteiger partial charge in [0.05, 0.1) is 30.8 Å². The van der Waals surface area contributed by atoms with E-state index in [-0.39, 0.29) is 18.2 Å². The Balaban J connectivity index is 1.58. The minimum absolute atomic E-state index is 0.149. The SMILES string of the molecule is N#CCc1cnoc1NC(=O)CN1CCc2sccc2C1. The van der Waals surface area contributed by atoms with Crippen molar-refractivity contribution in [1.82, 2.24) is 10.1 Å². The molecule has 2 aromatic rings. The predicted octanol–water partition coefficient (Wildman–Crippen LogP) is 1.80. The first-order chi connectivity index (χ1) is 10.3. The maximum absolute atomic E-state index is 12.1. The molecule has 1 aliphatic rings. The molecule has 1 N–H and O–H groups in total. The van der Waals surface area contributed by atoms with E-state index in [0.717, 1.165) is 19.5 Å². The summed E-state index contributed by atoms with van der Waals surface area (Å²) in [7, 11) is 0. The maximum atomic E-state index is 12.1. The molecule has 0 saturated carbocycles. The van der Waals surface area contributed by atoms with Gasteiger partial charge in [-0.15, -0.1) is 11.3 Å². The second-order valence-electron chi connectivity index (χ2n) is 4.89. The van der Waals surface area contributed by atoms with Crippen molar-refractivity contribution < 1.29 is 9.32 Å². The standard InChI is InChI=1S/C14H14N4O2S/c15-4-1-10-7-16-20-14(10)17-13(19)9-18-5-2-12-11(8-18)3-6-21-12/h3,6-7H,1-2,5,8-9H2,(H,17,19). The van der Waals surface area contributed by atoms with E-state index in [1.54, 1.807) is 11.3 Å². The zero-order valence-corrected chi connectivity index (χ0v) is 12.2. The van der Waals surface area contributed by atoms with Crippen molar-refractivity contribution in [3.63, 3.8) is 0 Å². The van der Waals surface area contributed by atoms with Gasteiger partial charge in [0, 0.05) is 18.0 Å². The van der Waals surface area contributed by atoms with E-state index < -0.39 is 0 Å². The lowest BCUT2D eigenvalue weighted by atomic mass is 10.1. The molecule has 7 heteroatoms. The third-order valence-electron chi connectivity index (χ3n) is 3.42. The smallest absolute Gasteiger partial charge is 0.240 e. The number of nitrogens with zero attached hydrogens (tertiary/aromatic N) is 3. The van der Waals surface area contributed by atoms with Gasteiger partial charge >= 0.3 is 0 Å². The van der Waals surface area contributed by atoms with Gasteiger partial charge in [-0.05, 0) is 23.4 Å². The topological polar surface area (TPSA) is 82.2 Å². The Bertz CT molecular complexity index is 685. The van der Waals surface area contributed by atoms with Crippen LogP contribution < -0.4 is 5.32 Å². The highest BCUT2D eigenvalue weighted by Crippen LogP contribution is 2.24. The number of carbonyl (C=O) groups is 1. The number of amides is 1.